The molecule has 0 unspecified atom stereocenters. The molecule has 7 heteroatoms. The molecule has 164 valence electrons. The highest BCUT2D eigenvalue weighted by Crippen LogP contribution is 2.37. The van der Waals surface area contributed by atoms with Gasteiger partial charge in [-0.3, -0.25) is 0 Å². The largest absolute Gasteiger partial charge is 0.493 e. The van der Waals surface area contributed by atoms with Crippen molar-refractivity contribution in [3.8, 4) is 27.6 Å². The second-order valence-corrected chi connectivity index (χ2v) is 10.8. The van der Waals surface area contributed by atoms with Gasteiger partial charge >= 0.3 is 0 Å². The number of piperidine rings is 1. The summed E-state index contributed by atoms with van der Waals surface area (Å²) in [5.41, 5.74) is 4.45. The third-order valence-corrected chi connectivity index (χ3v) is 7.02. The van der Waals surface area contributed by atoms with Crippen LogP contribution in [0.4, 0.5) is 5.13 Å². The second kappa shape index (κ2) is 7.88. The van der Waals surface area contributed by atoms with Crippen molar-refractivity contribution in [2.24, 2.45) is 0 Å². The summed E-state index contributed by atoms with van der Waals surface area (Å²) in [5.74, 6) is 0.0307. The number of nitrogens with one attached hydrogen (secondary N) is 1. The highest BCUT2D eigenvalue weighted by atomic mass is 32.1. The molecule has 1 aromatic carbocycles. The van der Waals surface area contributed by atoms with E-state index in [4.69, 9.17) is 0 Å². The Morgan fingerprint density at radius 2 is 1.71 bits per heavy atom. The summed E-state index contributed by atoms with van der Waals surface area (Å²) in [7, 11) is 2.14. The van der Waals surface area contributed by atoms with E-state index >= 15 is 0 Å². The molecule has 1 saturated heterocycles. The Kier molecular flexibility index (Phi) is 5.52. The summed E-state index contributed by atoms with van der Waals surface area (Å²) in [6.07, 6.45) is 3.82. The van der Waals surface area contributed by atoms with E-state index in [0.717, 1.165) is 45.2 Å². The van der Waals surface area contributed by atoms with Gasteiger partial charge in [0.2, 0.25) is 11.0 Å². The number of aryl methyl sites for hydroxylation is 1. The molecule has 31 heavy (non-hydrogen) atoms. The first-order chi connectivity index (χ1) is 14.5. The van der Waals surface area contributed by atoms with Crippen molar-refractivity contribution >= 4 is 16.5 Å². The first kappa shape index (κ1) is 21.7. The van der Waals surface area contributed by atoms with Crippen LogP contribution in [-0.2, 0) is 0 Å². The average Bonchev–Trinajstić information content (AvgIpc) is 3.15. The number of hydrogen-bond acceptors (Lipinski definition) is 7. The number of rotatable bonds is 4. The third-order valence-electron chi connectivity index (χ3n) is 5.97. The first-order valence-corrected chi connectivity index (χ1v) is 11.5. The van der Waals surface area contributed by atoms with Gasteiger partial charge in [-0.25, -0.2) is 4.98 Å². The van der Waals surface area contributed by atoms with Crippen LogP contribution >= 0.6 is 11.3 Å². The Labute approximate surface area is 188 Å². The normalized spacial score (nSPS) is 18.1. The van der Waals surface area contributed by atoms with Crippen molar-refractivity contribution in [1.29, 1.82) is 0 Å². The van der Waals surface area contributed by atoms with Crippen LogP contribution in [0.5, 0.6) is 5.88 Å². The van der Waals surface area contributed by atoms with E-state index in [9.17, 15) is 5.11 Å². The number of aromatic nitrogens is 3. The summed E-state index contributed by atoms with van der Waals surface area (Å²) in [5, 5.41) is 24.1. The average molecular weight is 438 g/mol. The lowest BCUT2D eigenvalue weighted by Gasteiger charge is -2.48. The summed E-state index contributed by atoms with van der Waals surface area (Å²) in [6.45, 7) is 11.2. The molecule has 0 spiro atoms. The summed E-state index contributed by atoms with van der Waals surface area (Å²) in [4.78, 5) is 6.28. The van der Waals surface area contributed by atoms with Crippen LogP contribution in [0, 0.1) is 6.92 Å². The summed E-state index contributed by atoms with van der Waals surface area (Å²) < 4.78 is 0. The van der Waals surface area contributed by atoms with Crippen LogP contribution < -0.4 is 10.2 Å². The Balaban J connectivity index is 1.56. The van der Waals surface area contributed by atoms with Crippen LogP contribution in [0.1, 0.15) is 46.1 Å². The zero-order valence-corrected chi connectivity index (χ0v) is 19.9. The molecule has 3 heterocycles. The topological polar surface area (TPSA) is 74.2 Å². The van der Waals surface area contributed by atoms with Gasteiger partial charge in [-0.05, 0) is 64.7 Å². The molecule has 4 rings (SSSR count). The minimum absolute atomic E-state index is 0.0307. The van der Waals surface area contributed by atoms with Crippen molar-refractivity contribution in [1.82, 2.24) is 20.5 Å². The maximum absolute atomic E-state index is 9.42. The van der Waals surface area contributed by atoms with E-state index in [1.54, 1.807) is 23.6 Å². The van der Waals surface area contributed by atoms with Crippen molar-refractivity contribution < 1.29 is 5.11 Å². The van der Waals surface area contributed by atoms with E-state index in [1.165, 1.54) is 0 Å². The van der Waals surface area contributed by atoms with Gasteiger partial charge in [-0.15, -0.1) is 10.2 Å². The van der Waals surface area contributed by atoms with Crippen LogP contribution in [0.15, 0.2) is 36.5 Å². The molecule has 2 aromatic heterocycles. The Morgan fingerprint density at radius 3 is 2.32 bits per heavy atom. The second-order valence-electron chi connectivity index (χ2n) is 9.89. The number of pyridine rings is 1. The van der Waals surface area contributed by atoms with Crippen LogP contribution in [0.25, 0.3) is 21.7 Å². The quantitative estimate of drug-likeness (QED) is 0.597. The van der Waals surface area contributed by atoms with E-state index in [0.29, 0.717) is 6.04 Å². The van der Waals surface area contributed by atoms with Gasteiger partial charge in [-0.2, -0.15) is 0 Å². The fraction of sp³-hybridized carbons (Fsp3) is 0.458. The lowest BCUT2D eigenvalue weighted by atomic mass is 9.79. The summed E-state index contributed by atoms with van der Waals surface area (Å²) >= 11 is 1.64. The molecule has 1 aliphatic heterocycles. The van der Waals surface area contributed by atoms with E-state index in [1.807, 2.05) is 6.07 Å². The van der Waals surface area contributed by atoms with Gasteiger partial charge in [-0.1, -0.05) is 29.5 Å². The number of nitrogens with zero attached hydrogens (tertiary/aromatic N) is 4. The maximum Gasteiger partial charge on any atom is 0.210 e. The molecule has 0 bridgehead atoms. The predicted molar refractivity (Wildman–Crippen MR) is 128 cm³/mol. The molecule has 1 aliphatic rings. The maximum atomic E-state index is 9.42. The molecular weight excluding hydrogens is 406 g/mol. The van der Waals surface area contributed by atoms with Crippen molar-refractivity contribution in [2.45, 2.75) is 64.6 Å². The molecule has 0 saturated carbocycles. The standard InChI is InChI=1S/C24H31N5OS/c1-15-11-16(17-8-10-20(30)25-14-17)7-9-19(15)21-26-27-22(31-21)29(6)18-12-23(2,3)28-24(4,5)13-18/h7-11,14,18,28H,12-13H2,1-6H3,(H,25,30). The highest BCUT2D eigenvalue weighted by Gasteiger charge is 2.39. The lowest BCUT2D eigenvalue weighted by Crippen LogP contribution is -2.61. The fourth-order valence-electron chi connectivity index (χ4n) is 4.81. The van der Waals surface area contributed by atoms with Gasteiger partial charge in [0.1, 0.15) is 5.01 Å². The number of hydrogen-bond donors (Lipinski definition) is 2. The van der Waals surface area contributed by atoms with Crippen LogP contribution in [0.2, 0.25) is 0 Å². The van der Waals surface area contributed by atoms with Gasteiger partial charge in [0.25, 0.3) is 0 Å². The Morgan fingerprint density at radius 1 is 1.03 bits per heavy atom. The van der Waals surface area contributed by atoms with Crippen molar-refractivity contribution in [2.75, 3.05) is 11.9 Å². The summed E-state index contributed by atoms with van der Waals surface area (Å²) in [6, 6.07) is 10.2. The zero-order chi connectivity index (χ0) is 22.4. The smallest absolute Gasteiger partial charge is 0.210 e. The minimum atomic E-state index is 0.0307. The number of anilines is 1. The van der Waals surface area contributed by atoms with Gasteiger partial charge in [0, 0.05) is 47.6 Å². The molecule has 3 aromatic rings. The zero-order valence-electron chi connectivity index (χ0n) is 19.1. The molecular formula is C24H31N5OS. The van der Waals surface area contributed by atoms with Crippen LogP contribution in [0.3, 0.4) is 0 Å². The van der Waals surface area contributed by atoms with Crippen LogP contribution in [-0.4, -0.2) is 44.5 Å². The molecule has 0 atom stereocenters. The number of aromatic hydroxyl groups is 1. The first-order valence-electron chi connectivity index (χ1n) is 10.7. The fourth-order valence-corrected chi connectivity index (χ4v) is 5.77. The van der Waals surface area contributed by atoms with E-state index in [-0.39, 0.29) is 17.0 Å². The Bertz CT molecular complexity index is 1060. The molecule has 2 N–H and O–H groups in total. The molecule has 0 amide bonds. The van der Waals surface area contributed by atoms with Gasteiger partial charge in [0.15, 0.2) is 0 Å². The van der Waals surface area contributed by atoms with Gasteiger partial charge < -0.3 is 15.3 Å². The third kappa shape index (κ3) is 4.72. The SMILES string of the molecule is Cc1cc(-c2ccc(O)nc2)ccc1-c1nnc(N(C)C2CC(C)(C)NC(C)(C)C2)s1. The van der Waals surface area contributed by atoms with Gasteiger partial charge in [0.05, 0.1) is 0 Å². The Hall–Kier alpha value is -2.51. The number of benzene rings is 1. The molecule has 6 nitrogen and oxygen atoms in total. The van der Waals surface area contributed by atoms with E-state index in [2.05, 4.69) is 85.3 Å². The van der Waals surface area contributed by atoms with E-state index < -0.39 is 0 Å². The molecule has 0 radical (unpaired) electrons. The monoisotopic (exact) mass is 437 g/mol. The lowest BCUT2D eigenvalue weighted by molar-refractivity contribution is 0.161. The highest BCUT2D eigenvalue weighted by molar-refractivity contribution is 7.18. The van der Waals surface area contributed by atoms with Crippen molar-refractivity contribution in [3.63, 3.8) is 0 Å². The van der Waals surface area contributed by atoms with Crippen molar-refractivity contribution in [3.05, 3.63) is 42.1 Å². The predicted octanol–water partition coefficient (Wildman–Crippen LogP) is 5.03. The molecule has 1 fully saturated rings. The minimum Gasteiger partial charge on any atom is -0.493 e. The molecule has 0 aliphatic carbocycles.